The number of piperazine rings is 1. The van der Waals surface area contributed by atoms with Crippen molar-refractivity contribution in [2.24, 2.45) is 11.7 Å². The average Bonchev–Trinajstić information content (AvgIpc) is 2.48. The van der Waals surface area contributed by atoms with Crippen LogP contribution in [0.2, 0.25) is 0 Å². The van der Waals surface area contributed by atoms with Crippen LogP contribution >= 0.6 is 15.9 Å². The predicted molar refractivity (Wildman–Crippen MR) is 83.6 cm³/mol. The lowest BCUT2D eigenvalue weighted by Gasteiger charge is -2.35. The minimum absolute atomic E-state index is 0.214. The van der Waals surface area contributed by atoms with Crippen LogP contribution in [0.3, 0.4) is 0 Å². The Morgan fingerprint density at radius 3 is 2.65 bits per heavy atom. The van der Waals surface area contributed by atoms with Gasteiger partial charge >= 0.3 is 0 Å². The maximum Gasteiger partial charge on any atom is 0.223 e. The molecule has 1 amide bonds. The highest BCUT2D eigenvalue weighted by Gasteiger charge is 2.22. The highest BCUT2D eigenvalue weighted by Crippen LogP contribution is 2.17. The molecule has 0 aromatic carbocycles. The fourth-order valence-electron chi connectivity index (χ4n) is 2.25. The molecule has 1 fully saturated rings. The summed E-state index contributed by atoms with van der Waals surface area (Å²) in [6, 6.07) is 3.99. The normalized spacial score (nSPS) is 17.1. The monoisotopic (exact) mass is 340 g/mol. The minimum Gasteiger partial charge on any atom is -0.353 e. The van der Waals surface area contributed by atoms with Gasteiger partial charge in [0, 0.05) is 43.3 Å². The molecule has 1 saturated heterocycles. The van der Waals surface area contributed by atoms with Gasteiger partial charge in [-0.25, -0.2) is 4.98 Å². The number of nitrogens with zero attached hydrogens (tertiary/aromatic N) is 3. The Bertz CT molecular complexity index is 443. The number of amides is 1. The van der Waals surface area contributed by atoms with Crippen LogP contribution in [0.4, 0.5) is 5.82 Å². The highest BCUT2D eigenvalue weighted by molar-refractivity contribution is 9.10. The van der Waals surface area contributed by atoms with Gasteiger partial charge in [0.05, 0.1) is 0 Å². The topological polar surface area (TPSA) is 62.5 Å². The Morgan fingerprint density at radius 2 is 2.10 bits per heavy atom. The van der Waals surface area contributed by atoms with E-state index in [0.29, 0.717) is 13.0 Å². The first-order valence-electron chi connectivity index (χ1n) is 6.94. The van der Waals surface area contributed by atoms with Gasteiger partial charge in [-0.2, -0.15) is 0 Å². The molecular weight excluding hydrogens is 320 g/mol. The van der Waals surface area contributed by atoms with E-state index in [4.69, 9.17) is 5.73 Å². The standard InChI is InChI=1S/C14H21BrN4O/c1-11(9-16)8-14(20)19-6-4-18(5-7-19)13-3-2-12(15)10-17-13/h2-3,10-11H,4-9,16H2,1H3. The van der Waals surface area contributed by atoms with Crippen molar-refractivity contribution in [3.8, 4) is 0 Å². The molecule has 110 valence electrons. The summed E-state index contributed by atoms with van der Waals surface area (Å²) in [5.74, 6) is 1.44. The zero-order valence-corrected chi connectivity index (χ0v) is 13.3. The van der Waals surface area contributed by atoms with E-state index in [1.54, 1.807) is 6.20 Å². The van der Waals surface area contributed by atoms with Gasteiger partial charge in [0.15, 0.2) is 0 Å². The SMILES string of the molecule is CC(CN)CC(=O)N1CCN(c2ccc(Br)cn2)CC1. The zero-order valence-electron chi connectivity index (χ0n) is 11.8. The lowest BCUT2D eigenvalue weighted by molar-refractivity contribution is -0.132. The van der Waals surface area contributed by atoms with Gasteiger partial charge in [-0.3, -0.25) is 4.79 Å². The molecule has 1 aromatic heterocycles. The maximum atomic E-state index is 12.1. The lowest BCUT2D eigenvalue weighted by Crippen LogP contribution is -2.49. The molecule has 0 aliphatic carbocycles. The molecule has 1 atom stereocenters. The molecule has 1 unspecified atom stereocenters. The summed E-state index contributed by atoms with van der Waals surface area (Å²) in [5, 5.41) is 0. The summed E-state index contributed by atoms with van der Waals surface area (Å²) in [6.07, 6.45) is 2.35. The summed E-state index contributed by atoms with van der Waals surface area (Å²) < 4.78 is 0.978. The van der Waals surface area contributed by atoms with E-state index >= 15 is 0 Å². The van der Waals surface area contributed by atoms with Gasteiger partial charge in [-0.15, -0.1) is 0 Å². The first-order valence-corrected chi connectivity index (χ1v) is 7.74. The molecule has 5 nitrogen and oxygen atoms in total. The molecule has 0 saturated carbocycles. The Kier molecular flexibility index (Phi) is 5.37. The van der Waals surface area contributed by atoms with Crippen molar-refractivity contribution in [1.29, 1.82) is 0 Å². The lowest BCUT2D eigenvalue weighted by atomic mass is 10.1. The van der Waals surface area contributed by atoms with E-state index in [2.05, 4.69) is 25.8 Å². The predicted octanol–water partition coefficient (Wildman–Crippen LogP) is 1.48. The van der Waals surface area contributed by atoms with E-state index in [1.807, 2.05) is 24.0 Å². The molecule has 6 heteroatoms. The van der Waals surface area contributed by atoms with Crippen LogP contribution in [-0.4, -0.2) is 48.5 Å². The fourth-order valence-corrected chi connectivity index (χ4v) is 2.49. The number of carbonyl (C=O) groups excluding carboxylic acids is 1. The molecule has 1 aliphatic heterocycles. The van der Waals surface area contributed by atoms with Gasteiger partial charge < -0.3 is 15.5 Å². The van der Waals surface area contributed by atoms with Crippen LogP contribution in [0, 0.1) is 5.92 Å². The van der Waals surface area contributed by atoms with Crippen molar-refractivity contribution in [3.63, 3.8) is 0 Å². The van der Waals surface area contributed by atoms with E-state index in [-0.39, 0.29) is 11.8 Å². The van der Waals surface area contributed by atoms with Gasteiger partial charge in [0.25, 0.3) is 0 Å². The molecule has 0 bridgehead atoms. The molecule has 2 N–H and O–H groups in total. The van der Waals surface area contributed by atoms with E-state index < -0.39 is 0 Å². The number of pyridine rings is 1. The van der Waals surface area contributed by atoms with E-state index in [9.17, 15) is 4.79 Å². The summed E-state index contributed by atoms with van der Waals surface area (Å²) >= 11 is 3.38. The van der Waals surface area contributed by atoms with Gasteiger partial charge in [-0.1, -0.05) is 6.92 Å². The van der Waals surface area contributed by atoms with E-state index in [0.717, 1.165) is 36.5 Å². The Hall–Kier alpha value is -1.14. The third kappa shape index (κ3) is 3.93. The summed E-state index contributed by atoms with van der Waals surface area (Å²) in [5.41, 5.74) is 5.57. The first kappa shape index (κ1) is 15.3. The molecule has 0 radical (unpaired) electrons. The van der Waals surface area contributed by atoms with Crippen LogP contribution in [0.25, 0.3) is 0 Å². The fraction of sp³-hybridized carbons (Fsp3) is 0.571. The Balaban J connectivity index is 1.86. The van der Waals surface area contributed by atoms with Gasteiger partial charge in [-0.05, 0) is 40.5 Å². The number of anilines is 1. The smallest absolute Gasteiger partial charge is 0.223 e. The Morgan fingerprint density at radius 1 is 1.40 bits per heavy atom. The second kappa shape index (κ2) is 7.04. The van der Waals surface area contributed by atoms with Gasteiger partial charge in [0.1, 0.15) is 5.82 Å². The van der Waals surface area contributed by atoms with Crippen molar-refractivity contribution in [3.05, 3.63) is 22.8 Å². The summed E-state index contributed by atoms with van der Waals surface area (Å²) in [6.45, 7) is 5.75. The third-order valence-electron chi connectivity index (χ3n) is 3.59. The van der Waals surface area contributed by atoms with Crippen LogP contribution in [-0.2, 0) is 4.79 Å². The minimum atomic E-state index is 0.214. The zero-order chi connectivity index (χ0) is 14.5. The average molecular weight is 341 g/mol. The molecular formula is C14H21BrN4O. The van der Waals surface area contributed by atoms with Crippen LogP contribution in [0.5, 0.6) is 0 Å². The van der Waals surface area contributed by atoms with Gasteiger partial charge in [0.2, 0.25) is 5.91 Å². The quantitative estimate of drug-likeness (QED) is 0.901. The number of rotatable bonds is 4. The molecule has 1 aliphatic rings. The molecule has 2 rings (SSSR count). The number of aromatic nitrogens is 1. The van der Waals surface area contributed by atoms with Crippen LogP contribution in [0.1, 0.15) is 13.3 Å². The second-order valence-corrected chi connectivity index (χ2v) is 6.16. The number of hydrogen-bond acceptors (Lipinski definition) is 4. The molecule has 20 heavy (non-hydrogen) atoms. The van der Waals surface area contributed by atoms with Crippen molar-refractivity contribution in [1.82, 2.24) is 9.88 Å². The van der Waals surface area contributed by atoms with Crippen molar-refractivity contribution >= 4 is 27.7 Å². The van der Waals surface area contributed by atoms with E-state index in [1.165, 1.54) is 0 Å². The number of nitrogens with two attached hydrogens (primary N) is 1. The summed E-state index contributed by atoms with van der Waals surface area (Å²) in [4.78, 5) is 20.6. The maximum absolute atomic E-state index is 12.1. The van der Waals surface area contributed by atoms with Crippen LogP contribution < -0.4 is 10.6 Å². The number of carbonyl (C=O) groups is 1. The number of halogens is 1. The molecule has 2 heterocycles. The largest absolute Gasteiger partial charge is 0.353 e. The van der Waals surface area contributed by atoms with Crippen LogP contribution in [0.15, 0.2) is 22.8 Å². The second-order valence-electron chi connectivity index (χ2n) is 5.25. The summed E-state index contributed by atoms with van der Waals surface area (Å²) in [7, 11) is 0. The molecule has 1 aromatic rings. The van der Waals surface area contributed by atoms with Crippen molar-refractivity contribution in [2.45, 2.75) is 13.3 Å². The third-order valence-corrected chi connectivity index (χ3v) is 4.06. The first-order chi connectivity index (χ1) is 9.60. The van der Waals surface area contributed by atoms with Crippen molar-refractivity contribution in [2.75, 3.05) is 37.6 Å². The Labute approximate surface area is 128 Å². The number of hydrogen-bond donors (Lipinski definition) is 1. The van der Waals surface area contributed by atoms with Crippen molar-refractivity contribution < 1.29 is 4.79 Å². The molecule has 0 spiro atoms. The highest BCUT2D eigenvalue weighted by atomic mass is 79.9.